The number of aromatic nitrogens is 1. The van der Waals surface area contributed by atoms with E-state index in [1.807, 2.05) is 24.4 Å². The van der Waals surface area contributed by atoms with E-state index in [2.05, 4.69) is 28.5 Å². The summed E-state index contributed by atoms with van der Waals surface area (Å²) in [5.41, 5.74) is 8.07. The highest BCUT2D eigenvalue weighted by atomic mass is 16.5. The number of nitrogens with one attached hydrogen (secondary N) is 1. The number of ketones is 1. The number of carbonyl (C=O) groups is 1. The standard InChI is InChI=1S/C22H27N3O2/c23-11-18-10-22(26)20-9-16(6-7-21(20)25-18)17-8-19(13-24-12-17)27-14-15-4-2-1-3-5-15/h1-5,8,12-13,16,18,20-21,25H,6-7,9-11,14,23H2. The van der Waals surface area contributed by atoms with Crippen molar-refractivity contribution in [1.82, 2.24) is 10.3 Å². The predicted octanol–water partition coefficient (Wildman–Crippen LogP) is 2.80. The molecule has 0 spiro atoms. The van der Waals surface area contributed by atoms with E-state index in [1.165, 1.54) is 5.56 Å². The summed E-state index contributed by atoms with van der Waals surface area (Å²) >= 11 is 0. The van der Waals surface area contributed by atoms with Crippen molar-refractivity contribution in [3.05, 3.63) is 59.9 Å². The van der Waals surface area contributed by atoms with Crippen molar-refractivity contribution >= 4 is 5.78 Å². The zero-order chi connectivity index (χ0) is 18.6. The van der Waals surface area contributed by atoms with Crippen molar-refractivity contribution in [2.75, 3.05) is 6.54 Å². The molecule has 1 aliphatic heterocycles. The third kappa shape index (κ3) is 4.20. The molecular weight excluding hydrogens is 338 g/mol. The fourth-order valence-electron chi connectivity index (χ4n) is 4.41. The van der Waals surface area contributed by atoms with Crippen molar-refractivity contribution < 1.29 is 9.53 Å². The van der Waals surface area contributed by atoms with E-state index >= 15 is 0 Å². The number of ether oxygens (including phenoxy) is 1. The van der Waals surface area contributed by atoms with E-state index in [4.69, 9.17) is 10.5 Å². The number of rotatable bonds is 5. The number of nitrogens with zero attached hydrogens (tertiary/aromatic N) is 1. The maximum atomic E-state index is 12.6. The lowest BCUT2D eigenvalue weighted by Gasteiger charge is -2.41. The van der Waals surface area contributed by atoms with Gasteiger partial charge in [0.1, 0.15) is 18.1 Å². The molecule has 2 heterocycles. The van der Waals surface area contributed by atoms with Gasteiger partial charge in [0.2, 0.25) is 0 Å². The molecule has 1 saturated carbocycles. The second kappa shape index (κ2) is 8.19. The molecule has 1 aromatic carbocycles. The van der Waals surface area contributed by atoms with E-state index in [-0.39, 0.29) is 18.0 Å². The van der Waals surface area contributed by atoms with Crippen LogP contribution in [0.2, 0.25) is 0 Å². The van der Waals surface area contributed by atoms with Crippen LogP contribution < -0.4 is 15.8 Å². The van der Waals surface area contributed by atoms with Crippen molar-refractivity contribution in [2.24, 2.45) is 11.7 Å². The Hall–Kier alpha value is -2.24. The van der Waals surface area contributed by atoms with Crippen LogP contribution in [0.25, 0.3) is 0 Å². The van der Waals surface area contributed by atoms with Crippen molar-refractivity contribution in [3.63, 3.8) is 0 Å². The summed E-state index contributed by atoms with van der Waals surface area (Å²) in [7, 11) is 0. The fourth-order valence-corrected chi connectivity index (χ4v) is 4.41. The van der Waals surface area contributed by atoms with Crippen LogP contribution in [-0.2, 0) is 11.4 Å². The Balaban J connectivity index is 1.41. The van der Waals surface area contributed by atoms with Crippen LogP contribution in [0, 0.1) is 5.92 Å². The summed E-state index contributed by atoms with van der Waals surface area (Å²) in [6.45, 7) is 1.06. The first-order valence-electron chi connectivity index (χ1n) is 9.83. The van der Waals surface area contributed by atoms with E-state index in [1.54, 1.807) is 6.20 Å². The Kier molecular flexibility index (Phi) is 5.50. The number of fused-ring (bicyclic) bond motifs is 1. The number of nitrogens with two attached hydrogens (primary N) is 1. The molecule has 0 amide bonds. The molecule has 142 valence electrons. The number of benzene rings is 1. The minimum atomic E-state index is 0.0976. The van der Waals surface area contributed by atoms with E-state index in [0.717, 1.165) is 30.6 Å². The third-order valence-electron chi connectivity index (χ3n) is 5.90. The van der Waals surface area contributed by atoms with Gasteiger partial charge in [-0.2, -0.15) is 0 Å². The number of hydrogen-bond acceptors (Lipinski definition) is 5. The molecule has 3 N–H and O–H groups in total. The van der Waals surface area contributed by atoms with Gasteiger partial charge in [0.15, 0.2) is 0 Å². The van der Waals surface area contributed by atoms with Gasteiger partial charge in [-0.1, -0.05) is 30.3 Å². The third-order valence-corrected chi connectivity index (χ3v) is 5.90. The van der Waals surface area contributed by atoms with Gasteiger partial charge in [-0.25, -0.2) is 0 Å². The van der Waals surface area contributed by atoms with Gasteiger partial charge in [0, 0.05) is 37.2 Å². The number of carbonyl (C=O) groups excluding carboxylic acids is 1. The molecule has 1 aromatic heterocycles. The van der Waals surface area contributed by atoms with Gasteiger partial charge in [-0.15, -0.1) is 0 Å². The van der Waals surface area contributed by atoms with Gasteiger partial charge >= 0.3 is 0 Å². The molecule has 2 aromatic rings. The topological polar surface area (TPSA) is 77.2 Å². The second-order valence-corrected chi connectivity index (χ2v) is 7.72. The Morgan fingerprint density at radius 1 is 1.19 bits per heavy atom. The molecule has 0 bridgehead atoms. The number of hydrogen-bond donors (Lipinski definition) is 2. The van der Waals surface area contributed by atoms with Crippen LogP contribution in [0.3, 0.4) is 0 Å². The van der Waals surface area contributed by atoms with Gasteiger partial charge in [0.25, 0.3) is 0 Å². The first-order valence-corrected chi connectivity index (χ1v) is 9.83. The highest BCUT2D eigenvalue weighted by Gasteiger charge is 2.40. The smallest absolute Gasteiger partial charge is 0.139 e. The van der Waals surface area contributed by atoms with Crippen LogP contribution in [0.5, 0.6) is 5.75 Å². The zero-order valence-corrected chi connectivity index (χ0v) is 15.5. The van der Waals surface area contributed by atoms with Crippen LogP contribution in [0.15, 0.2) is 48.8 Å². The maximum absolute atomic E-state index is 12.6. The molecule has 27 heavy (non-hydrogen) atoms. The minimum absolute atomic E-state index is 0.0976. The monoisotopic (exact) mass is 365 g/mol. The number of pyridine rings is 1. The second-order valence-electron chi connectivity index (χ2n) is 7.72. The maximum Gasteiger partial charge on any atom is 0.139 e. The SMILES string of the molecule is NCC1CC(=O)C2CC(c3cncc(OCc4ccccc4)c3)CCC2N1. The zero-order valence-electron chi connectivity index (χ0n) is 15.5. The molecule has 5 heteroatoms. The summed E-state index contributed by atoms with van der Waals surface area (Å²) in [6, 6.07) is 12.6. The molecule has 5 nitrogen and oxygen atoms in total. The lowest BCUT2D eigenvalue weighted by atomic mass is 9.71. The normalized spacial score (nSPS) is 27.8. The number of Topliss-reactive ketones (excluding diaryl/α,β-unsaturated/α-hetero) is 1. The van der Waals surface area contributed by atoms with Crippen LogP contribution >= 0.6 is 0 Å². The Morgan fingerprint density at radius 3 is 2.85 bits per heavy atom. The Morgan fingerprint density at radius 2 is 2.04 bits per heavy atom. The van der Waals surface area contributed by atoms with Crippen molar-refractivity contribution in [3.8, 4) is 5.75 Å². The molecule has 4 atom stereocenters. The molecule has 2 aliphatic rings. The van der Waals surface area contributed by atoms with Gasteiger partial charge in [0.05, 0.1) is 6.20 Å². The van der Waals surface area contributed by atoms with E-state index in [9.17, 15) is 4.79 Å². The summed E-state index contributed by atoms with van der Waals surface area (Å²) in [4.78, 5) is 16.9. The van der Waals surface area contributed by atoms with Crippen molar-refractivity contribution in [2.45, 2.75) is 50.3 Å². The Bertz CT molecular complexity index is 780. The largest absolute Gasteiger partial charge is 0.487 e. The lowest BCUT2D eigenvalue weighted by Crippen LogP contribution is -2.56. The van der Waals surface area contributed by atoms with Crippen LogP contribution in [0.4, 0.5) is 0 Å². The van der Waals surface area contributed by atoms with Crippen LogP contribution in [-0.4, -0.2) is 29.4 Å². The summed E-state index contributed by atoms with van der Waals surface area (Å²) in [6.07, 6.45) is 7.19. The number of piperidine rings is 1. The first kappa shape index (κ1) is 18.1. The molecule has 1 aliphatic carbocycles. The van der Waals surface area contributed by atoms with Crippen molar-refractivity contribution in [1.29, 1.82) is 0 Å². The molecule has 2 fully saturated rings. The predicted molar refractivity (Wildman–Crippen MR) is 104 cm³/mol. The van der Waals surface area contributed by atoms with E-state index < -0.39 is 0 Å². The fraction of sp³-hybridized carbons (Fsp3) is 0.455. The Labute approximate surface area is 160 Å². The van der Waals surface area contributed by atoms with Gasteiger partial charge in [-0.3, -0.25) is 9.78 Å². The van der Waals surface area contributed by atoms with E-state index in [0.29, 0.717) is 31.3 Å². The molecule has 1 saturated heterocycles. The summed E-state index contributed by atoms with van der Waals surface area (Å²) in [5, 5.41) is 3.57. The van der Waals surface area contributed by atoms with Crippen LogP contribution in [0.1, 0.15) is 42.7 Å². The highest BCUT2D eigenvalue weighted by molar-refractivity contribution is 5.83. The molecule has 4 rings (SSSR count). The van der Waals surface area contributed by atoms with Gasteiger partial charge in [-0.05, 0) is 42.4 Å². The molecular formula is C22H27N3O2. The average Bonchev–Trinajstić information content (AvgIpc) is 2.73. The molecule has 0 radical (unpaired) electrons. The summed E-state index contributed by atoms with van der Waals surface area (Å²) < 4.78 is 5.92. The quantitative estimate of drug-likeness (QED) is 0.852. The van der Waals surface area contributed by atoms with Gasteiger partial charge < -0.3 is 15.8 Å². The lowest BCUT2D eigenvalue weighted by molar-refractivity contribution is -0.127. The summed E-state index contributed by atoms with van der Waals surface area (Å²) in [5.74, 6) is 1.61. The molecule has 4 unspecified atom stereocenters. The first-order chi connectivity index (χ1) is 13.2. The average molecular weight is 365 g/mol. The minimum Gasteiger partial charge on any atom is -0.487 e. The highest BCUT2D eigenvalue weighted by Crippen LogP contribution is 2.39.